The molecule has 0 radical (unpaired) electrons. The van der Waals surface area contributed by atoms with E-state index < -0.39 is 17.8 Å². The Bertz CT molecular complexity index is 1670. The van der Waals surface area contributed by atoms with Gasteiger partial charge in [0.05, 0.1) is 22.6 Å². The van der Waals surface area contributed by atoms with E-state index in [1.807, 2.05) is 36.4 Å². The maximum Gasteiger partial charge on any atom is 0.344 e. The molecule has 0 fully saturated rings. The van der Waals surface area contributed by atoms with Gasteiger partial charge in [0.25, 0.3) is 5.91 Å². The first-order chi connectivity index (χ1) is 18.8. The first-order valence-corrected chi connectivity index (χ1v) is 12.5. The summed E-state index contributed by atoms with van der Waals surface area (Å²) in [5.74, 6) is -2.34. The van der Waals surface area contributed by atoms with Crippen LogP contribution in [0.3, 0.4) is 0 Å². The molecule has 0 aromatic heterocycles. The highest BCUT2D eigenvalue weighted by atomic mass is 79.9. The number of nitrogens with zero attached hydrogens (tertiary/aromatic N) is 1. The molecular formula is C30H20BrN2O6-. The minimum Gasteiger partial charge on any atom is -0.545 e. The summed E-state index contributed by atoms with van der Waals surface area (Å²) in [6, 6.07) is 23.3. The lowest BCUT2D eigenvalue weighted by atomic mass is 10.0. The van der Waals surface area contributed by atoms with Crippen LogP contribution >= 0.6 is 15.9 Å². The standard InChI is InChI=1S/C30H21BrN2O6/c1-2-38-26-15-18(13-21(17-32)28(34)33-22-10-5-9-20(16-22)29(35)36)14-25(31)27(26)39-30(37)24-12-6-8-19-7-3-4-11-23(19)24/h3-16H,2H2,1H3,(H,33,34)(H,35,36)/p-1/b21-13+. The van der Waals surface area contributed by atoms with Gasteiger partial charge in [-0.1, -0.05) is 48.5 Å². The maximum atomic E-state index is 13.1. The number of carbonyl (C=O) groups is 3. The van der Waals surface area contributed by atoms with Crippen LogP contribution in [0.15, 0.2) is 88.9 Å². The fourth-order valence-electron chi connectivity index (χ4n) is 3.82. The van der Waals surface area contributed by atoms with Crippen LogP contribution in [0.4, 0.5) is 5.69 Å². The predicted molar refractivity (Wildman–Crippen MR) is 147 cm³/mol. The molecule has 0 atom stereocenters. The van der Waals surface area contributed by atoms with Gasteiger partial charge in [-0.05, 0) is 81.2 Å². The van der Waals surface area contributed by atoms with E-state index in [-0.39, 0.29) is 34.9 Å². The van der Waals surface area contributed by atoms with E-state index in [0.29, 0.717) is 15.6 Å². The Hall–Kier alpha value is -4.94. The average molecular weight is 584 g/mol. The zero-order chi connectivity index (χ0) is 27.9. The van der Waals surface area contributed by atoms with E-state index in [1.165, 1.54) is 30.3 Å². The van der Waals surface area contributed by atoms with Gasteiger partial charge in [0.2, 0.25) is 0 Å². The number of hydrogen-bond acceptors (Lipinski definition) is 7. The third-order valence-electron chi connectivity index (χ3n) is 5.57. The molecule has 0 saturated heterocycles. The van der Waals surface area contributed by atoms with E-state index in [4.69, 9.17) is 9.47 Å². The number of carboxylic acid groups (broad SMARTS) is 1. The summed E-state index contributed by atoms with van der Waals surface area (Å²) >= 11 is 3.41. The summed E-state index contributed by atoms with van der Waals surface area (Å²) in [5, 5.41) is 24.8. The summed E-state index contributed by atoms with van der Waals surface area (Å²) in [6.07, 6.45) is 1.33. The third-order valence-corrected chi connectivity index (χ3v) is 6.16. The second kappa shape index (κ2) is 12.1. The zero-order valence-corrected chi connectivity index (χ0v) is 22.2. The Labute approximate surface area is 232 Å². The highest BCUT2D eigenvalue weighted by Gasteiger charge is 2.19. The van der Waals surface area contributed by atoms with Crippen LogP contribution in [-0.2, 0) is 4.79 Å². The maximum absolute atomic E-state index is 13.1. The van der Waals surface area contributed by atoms with Crippen LogP contribution in [0.2, 0.25) is 0 Å². The minimum absolute atomic E-state index is 0.116. The number of halogens is 1. The molecule has 0 bridgehead atoms. The van der Waals surface area contributed by atoms with Crippen LogP contribution in [-0.4, -0.2) is 24.5 Å². The van der Waals surface area contributed by atoms with Crippen molar-refractivity contribution in [2.75, 3.05) is 11.9 Å². The molecule has 0 aliphatic rings. The molecule has 0 unspecified atom stereocenters. The Morgan fingerprint density at radius 2 is 1.77 bits per heavy atom. The van der Waals surface area contributed by atoms with E-state index in [9.17, 15) is 24.8 Å². The molecule has 0 aliphatic heterocycles. The van der Waals surface area contributed by atoms with Crippen LogP contribution in [0.5, 0.6) is 11.5 Å². The average Bonchev–Trinajstić information content (AvgIpc) is 2.93. The summed E-state index contributed by atoms with van der Waals surface area (Å²) < 4.78 is 11.8. The lowest BCUT2D eigenvalue weighted by molar-refractivity contribution is -0.255. The lowest BCUT2D eigenvalue weighted by Gasteiger charge is -2.14. The van der Waals surface area contributed by atoms with Crippen LogP contribution in [0.25, 0.3) is 16.8 Å². The van der Waals surface area contributed by atoms with Crippen LogP contribution < -0.4 is 19.9 Å². The summed E-state index contributed by atoms with van der Waals surface area (Å²) in [5.41, 5.74) is 0.635. The van der Waals surface area contributed by atoms with Crippen molar-refractivity contribution in [1.82, 2.24) is 0 Å². The monoisotopic (exact) mass is 583 g/mol. The van der Waals surface area contributed by atoms with E-state index in [1.54, 1.807) is 31.2 Å². The number of aromatic carboxylic acids is 1. The van der Waals surface area contributed by atoms with Crippen molar-refractivity contribution in [3.8, 4) is 17.6 Å². The number of rotatable bonds is 8. The van der Waals surface area contributed by atoms with Crippen molar-refractivity contribution < 1.29 is 29.0 Å². The van der Waals surface area contributed by atoms with Gasteiger partial charge in [0, 0.05) is 5.69 Å². The van der Waals surface area contributed by atoms with Gasteiger partial charge in [-0.15, -0.1) is 0 Å². The Morgan fingerprint density at radius 1 is 1.03 bits per heavy atom. The number of nitriles is 1. The topological polar surface area (TPSA) is 129 Å². The Balaban J connectivity index is 1.63. The molecule has 4 aromatic carbocycles. The van der Waals surface area contributed by atoms with Crippen molar-refractivity contribution in [1.29, 1.82) is 5.26 Å². The van der Waals surface area contributed by atoms with Crippen molar-refractivity contribution >= 4 is 56.3 Å². The number of carbonyl (C=O) groups excluding carboxylic acids is 3. The number of fused-ring (bicyclic) bond motifs is 1. The molecule has 0 spiro atoms. The van der Waals surface area contributed by atoms with Gasteiger partial charge in [-0.2, -0.15) is 5.26 Å². The number of carboxylic acids is 1. The van der Waals surface area contributed by atoms with E-state index >= 15 is 0 Å². The number of benzene rings is 4. The largest absolute Gasteiger partial charge is 0.545 e. The minimum atomic E-state index is -1.39. The summed E-state index contributed by atoms with van der Waals surface area (Å²) in [4.78, 5) is 36.9. The Morgan fingerprint density at radius 3 is 2.51 bits per heavy atom. The molecule has 1 amide bonds. The first-order valence-electron chi connectivity index (χ1n) is 11.7. The molecule has 4 aromatic rings. The molecule has 0 saturated carbocycles. The SMILES string of the molecule is CCOc1cc(/C=C(\C#N)C(=O)Nc2cccc(C(=O)[O-])c2)cc(Br)c1OC(=O)c1cccc2ccccc12. The Kier molecular flexibility index (Phi) is 8.39. The highest BCUT2D eigenvalue weighted by Crippen LogP contribution is 2.38. The number of anilines is 1. The third kappa shape index (κ3) is 6.32. The van der Waals surface area contributed by atoms with Crippen molar-refractivity contribution in [3.05, 3.63) is 106 Å². The molecule has 4 rings (SSSR count). The number of nitrogens with one attached hydrogen (secondary N) is 1. The number of hydrogen-bond donors (Lipinski definition) is 1. The smallest absolute Gasteiger partial charge is 0.344 e. The van der Waals surface area contributed by atoms with Gasteiger partial charge < -0.3 is 24.7 Å². The van der Waals surface area contributed by atoms with Crippen molar-refractivity contribution in [2.24, 2.45) is 0 Å². The normalized spacial score (nSPS) is 10.9. The molecule has 0 heterocycles. The highest BCUT2D eigenvalue weighted by molar-refractivity contribution is 9.10. The molecule has 9 heteroatoms. The lowest BCUT2D eigenvalue weighted by Crippen LogP contribution is -2.22. The zero-order valence-electron chi connectivity index (χ0n) is 20.6. The number of esters is 1. The second-order valence-electron chi connectivity index (χ2n) is 8.17. The van der Waals surface area contributed by atoms with Gasteiger partial charge in [-0.3, -0.25) is 4.79 Å². The quantitative estimate of drug-likeness (QED) is 0.132. The van der Waals surface area contributed by atoms with E-state index in [0.717, 1.165) is 10.8 Å². The van der Waals surface area contributed by atoms with Gasteiger partial charge >= 0.3 is 5.97 Å². The predicted octanol–water partition coefficient (Wildman–Crippen LogP) is 5.13. The first kappa shape index (κ1) is 27.1. The van der Waals surface area contributed by atoms with Crippen molar-refractivity contribution in [2.45, 2.75) is 6.92 Å². The molecular weight excluding hydrogens is 564 g/mol. The van der Waals surface area contributed by atoms with Crippen LogP contribution in [0.1, 0.15) is 33.2 Å². The summed E-state index contributed by atoms with van der Waals surface area (Å²) in [6.45, 7) is 2.03. The molecule has 194 valence electrons. The molecule has 0 aliphatic carbocycles. The van der Waals surface area contributed by atoms with Gasteiger partial charge in [-0.25, -0.2) is 4.79 Å². The van der Waals surface area contributed by atoms with Gasteiger partial charge in [0.15, 0.2) is 11.5 Å². The van der Waals surface area contributed by atoms with Gasteiger partial charge in [0.1, 0.15) is 11.6 Å². The second-order valence-corrected chi connectivity index (χ2v) is 9.03. The fraction of sp³-hybridized carbons (Fsp3) is 0.0667. The van der Waals surface area contributed by atoms with E-state index in [2.05, 4.69) is 21.2 Å². The molecule has 1 N–H and O–H groups in total. The molecule has 8 nitrogen and oxygen atoms in total. The number of ether oxygens (including phenoxy) is 2. The van der Waals surface area contributed by atoms with Crippen LogP contribution in [0, 0.1) is 11.3 Å². The number of amides is 1. The fourth-order valence-corrected chi connectivity index (χ4v) is 4.36. The summed E-state index contributed by atoms with van der Waals surface area (Å²) in [7, 11) is 0. The molecule has 39 heavy (non-hydrogen) atoms. The van der Waals surface area contributed by atoms with Crippen molar-refractivity contribution in [3.63, 3.8) is 0 Å².